The monoisotopic (exact) mass is 291 g/mol. The summed E-state index contributed by atoms with van der Waals surface area (Å²) in [5.41, 5.74) is 0. The number of nitrogens with one attached hydrogen (secondary N) is 1. The van der Waals surface area contributed by atoms with E-state index in [0.717, 1.165) is 47.6 Å². The molecule has 0 aliphatic heterocycles. The lowest BCUT2D eigenvalue weighted by molar-refractivity contribution is 0.565. The van der Waals surface area contributed by atoms with E-state index in [1.165, 1.54) is 11.8 Å². The zero-order chi connectivity index (χ0) is 13.9. The molecule has 7 nitrogen and oxygen atoms in total. The molecule has 20 heavy (non-hydrogen) atoms. The van der Waals surface area contributed by atoms with Crippen molar-refractivity contribution in [3.05, 3.63) is 11.9 Å². The van der Waals surface area contributed by atoms with Gasteiger partial charge in [0.15, 0.2) is 0 Å². The smallest absolute Gasteiger partial charge is 0.215 e. The van der Waals surface area contributed by atoms with Crippen molar-refractivity contribution in [1.82, 2.24) is 30.2 Å². The van der Waals surface area contributed by atoms with Crippen molar-refractivity contribution in [2.24, 2.45) is 0 Å². The van der Waals surface area contributed by atoms with Gasteiger partial charge in [-0.2, -0.15) is 0 Å². The van der Waals surface area contributed by atoms with E-state index in [9.17, 15) is 0 Å². The Balaban J connectivity index is 1.85. The SMILES string of the molecule is CCNc1cc(Sc2nnnn2C2CC2)nc(CC)n1. The van der Waals surface area contributed by atoms with Crippen LogP contribution in [0.15, 0.2) is 16.2 Å². The summed E-state index contributed by atoms with van der Waals surface area (Å²) in [7, 11) is 0. The molecule has 1 saturated carbocycles. The third kappa shape index (κ3) is 2.90. The minimum absolute atomic E-state index is 0.466. The van der Waals surface area contributed by atoms with E-state index in [1.54, 1.807) is 0 Å². The van der Waals surface area contributed by atoms with E-state index in [0.29, 0.717) is 6.04 Å². The first-order chi connectivity index (χ1) is 9.80. The topological polar surface area (TPSA) is 81.4 Å². The fourth-order valence-electron chi connectivity index (χ4n) is 1.85. The Morgan fingerprint density at radius 3 is 2.90 bits per heavy atom. The Bertz CT molecular complexity index is 593. The summed E-state index contributed by atoms with van der Waals surface area (Å²) in [4.78, 5) is 8.98. The van der Waals surface area contributed by atoms with Crippen LogP contribution in [-0.2, 0) is 6.42 Å². The standard InChI is InChI=1S/C12H17N7S/c1-3-9-14-10(13-4-2)7-11(15-9)20-12-16-17-18-19(12)8-5-6-8/h7-8H,3-6H2,1-2H3,(H,13,14,15). The van der Waals surface area contributed by atoms with Crippen LogP contribution in [0.4, 0.5) is 5.82 Å². The van der Waals surface area contributed by atoms with E-state index in [2.05, 4.69) is 30.8 Å². The van der Waals surface area contributed by atoms with Crippen molar-refractivity contribution < 1.29 is 0 Å². The molecule has 0 unspecified atom stereocenters. The molecule has 106 valence electrons. The second-order valence-electron chi connectivity index (χ2n) is 4.63. The van der Waals surface area contributed by atoms with Crippen LogP contribution < -0.4 is 5.32 Å². The molecule has 0 amide bonds. The van der Waals surface area contributed by atoms with Gasteiger partial charge in [0.05, 0.1) is 6.04 Å². The van der Waals surface area contributed by atoms with Gasteiger partial charge >= 0.3 is 0 Å². The summed E-state index contributed by atoms with van der Waals surface area (Å²) < 4.78 is 1.89. The van der Waals surface area contributed by atoms with Crippen LogP contribution in [0.3, 0.4) is 0 Å². The highest BCUT2D eigenvalue weighted by atomic mass is 32.2. The molecule has 1 aliphatic rings. The third-order valence-electron chi connectivity index (χ3n) is 2.97. The van der Waals surface area contributed by atoms with Gasteiger partial charge in [-0.15, -0.1) is 5.10 Å². The highest BCUT2D eigenvalue weighted by molar-refractivity contribution is 7.99. The molecule has 1 fully saturated rings. The molecule has 0 atom stereocenters. The van der Waals surface area contributed by atoms with E-state index in [-0.39, 0.29) is 0 Å². The summed E-state index contributed by atoms with van der Waals surface area (Å²) in [5.74, 6) is 1.68. The van der Waals surface area contributed by atoms with E-state index in [4.69, 9.17) is 0 Å². The van der Waals surface area contributed by atoms with Gasteiger partial charge < -0.3 is 5.32 Å². The Morgan fingerprint density at radius 2 is 2.20 bits per heavy atom. The number of tetrazole rings is 1. The first-order valence-corrected chi connectivity index (χ1v) is 7.69. The number of rotatable bonds is 6. The van der Waals surface area contributed by atoms with Crippen molar-refractivity contribution in [3.63, 3.8) is 0 Å². The maximum atomic E-state index is 4.53. The first kappa shape index (κ1) is 13.3. The summed E-state index contributed by atoms with van der Waals surface area (Å²) >= 11 is 1.49. The van der Waals surface area contributed by atoms with Crippen molar-refractivity contribution in [3.8, 4) is 0 Å². The Hall–Kier alpha value is -1.70. The summed E-state index contributed by atoms with van der Waals surface area (Å²) in [6.45, 7) is 4.94. The number of aryl methyl sites for hydroxylation is 1. The predicted octanol–water partition coefficient (Wildman–Crippen LogP) is 1.94. The van der Waals surface area contributed by atoms with E-state index >= 15 is 0 Å². The average molecular weight is 291 g/mol. The summed E-state index contributed by atoms with van der Waals surface area (Å²) in [6, 6.07) is 2.41. The minimum atomic E-state index is 0.466. The predicted molar refractivity (Wildman–Crippen MR) is 75.8 cm³/mol. The van der Waals surface area contributed by atoms with Crippen LogP contribution >= 0.6 is 11.8 Å². The Kier molecular flexibility index (Phi) is 3.81. The molecule has 2 heterocycles. The molecule has 1 N–H and O–H groups in total. The summed E-state index contributed by atoms with van der Waals surface area (Å²) in [5, 5.41) is 16.8. The van der Waals surface area contributed by atoms with Gasteiger partial charge in [-0.1, -0.05) is 6.92 Å². The van der Waals surface area contributed by atoms with Gasteiger partial charge in [0.1, 0.15) is 16.7 Å². The molecule has 0 bridgehead atoms. The van der Waals surface area contributed by atoms with Gasteiger partial charge in [-0.3, -0.25) is 0 Å². The molecular formula is C12H17N7S. The summed E-state index contributed by atoms with van der Waals surface area (Å²) in [6.07, 6.45) is 3.12. The lowest BCUT2D eigenvalue weighted by atomic mass is 10.4. The maximum Gasteiger partial charge on any atom is 0.215 e. The van der Waals surface area contributed by atoms with E-state index < -0.39 is 0 Å². The van der Waals surface area contributed by atoms with Gasteiger partial charge in [-0.05, 0) is 42.0 Å². The van der Waals surface area contributed by atoms with Crippen molar-refractivity contribution >= 4 is 17.6 Å². The lowest BCUT2D eigenvalue weighted by Crippen LogP contribution is -2.04. The molecule has 0 spiro atoms. The fraction of sp³-hybridized carbons (Fsp3) is 0.583. The average Bonchev–Trinajstić information content (AvgIpc) is 3.19. The molecule has 0 aromatic carbocycles. The number of hydrogen-bond donors (Lipinski definition) is 1. The molecule has 0 saturated heterocycles. The van der Waals surface area contributed by atoms with Gasteiger partial charge in [0.25, 0.3) is 0 Å². The van der Waals surface area contributed by atoms with Crippen molar-refractivity contribution in [2.45, 2.75) is 49.3 Å². The van der Waals surface area contributed by atoms with E-state index in [1.807, 2.05) is 24.6 Å². The molecule has 2 aromatic heterocycles. The van der Waals surface area contributed by atoms with Crippen LogP contribution in [0.5, 0.6) is 0 Å². The molecule has 1 aliphatic carbocycles. The lowest BCUT2D eigenvalue weighted by Gasteiger charge is -2.07. The second kappa shape index (κ2) is 5.74. The van der Waals surface area contributed by atoms with Crippen LogP contribution in [0.25, 0.3) is 0 Å². The highest BCUT2D eigenvalue weighted by Gasteiger charge is 2.28. The molecule has 8 heteroatoms. The third-order valence-corrected chi connectivity index (χ3v) is 3.84. The number of anilines is 1. The zero-order valence-electron chi connectivity index (χ0n) is 11.6. The van der Waals surface area contributed by atoms with Gasteiger partial charge in [0.2, 0.25) is 5.16 Å². The van der Waals surface area contributed by atoms with Crippen LogP contribution in [0.2, 0.25) is 0 Å². The molecule has 3 rings (SSSR count). The number of hydrogen-bond acceptors (Lipinski definition) is 7. The minimum Gasteiger partial charge on any atom is -0.370 e. The Labute approximate surface area is 121 Å². The highest BCUT2D eigenvalue weighted by Crippen LogP contribution is 2.37. The van der Waals surface area contributed by atoms with Crippen molar-refractivity contribution in [1.29, 1.82) is 0 Å². The zero-order valence-corrected chi connectivity index (χ0v) is 12.4. The fourth-order valence-corrected chi connectivity index (χ4v) is 2.71. The normalized spacial score (nSPS) is 14.5. The Morgan fingerprint density at radius 1 is 1.35 bits per heavy atom. The van der Waals surface area contributed by atoms with Gasteiger partial charge in [-0.25, -0.2) is 14.6 Å². The first-order valence-electron chi connectivity index (χ1n) is 6.87. The van der Waals surface area contributed by atoms with Crippen molar-refractivity contribution in [2.75, 3.05) is 11.9 Å². The second-order valence-corrected chi connectivity index (χ2v) is 5.62. The molecular weight excluding hydrogens is 274 g/mol. The number of aromatic nitrogens is 6. The number of nitrogens with zero attached hydrogens (tertiary/aromatic N) is 6. The van der Waals surface area contributed by atoms with Crippen LogP contribution in [0.1, 0.15) is 38.6 Å². The quantitative estimate of drug-likeness (QED) is 0.814. The largest absolute Gasteiger partial charge is 0.370 e. The van der Waals surface area contributed by atoms with Crippen LogP contribution in [0, 0.1) is 0 Å². The molecule has 2 aromatic rings. The van der Waals surface area contributed by atoms with Crippen LogP contribution in [-0.4, -0.2) is 36.7 Å². The molecule has 0 radical (unpaired) electrons. The maximum absolute atomic E-state index is 4.53. The van der Waals surface area contributed by atoms with Gasteiger partial charge in [0, 0.05) is 19.0 Å².